The Morgan fingerprint density at radius 1 is 1.14 bits per heavy atom. The van der Waals surface area contributed by atoms with Crippen molar-refractivity contribution >= 4 is 17.6 Å². The molecule has 0 aliphatic rings. The van der Waals surface area contributed by atoms with Crippen LogP contribution < -0.4 is 9.47 Å². The molecule has 110 valence electrons. The molecular formula is C16H15ClO4. The molecule has 2 rings (SSSR count). The SMILES string of the molecule is COc1c(CCC(=O)O)cccc1Oc1ccccc1Cl. The molecule has 0 saturated heterocycles. The van der Waals surface area contributed by atoms with E-state index in [4.69, 9.17) is 26.2 Å². The molecular weight excluding hydrogens is 292 g/mol. The van der Waals surface area contributed by atoms with Crippen molar-refractivity contribution in [3.05, 3.63) is 53.1 Å². The van der Waals surface area contributed by atoms with Crippen molar-refractivity contribution in [1.29, 1.82) is 0 Å². The van der Waals surface area contributed by atoms with Gasteiger partial charge in [0.2, 0.25) is 0 Å². The number of aryl methyl sites for hydroxylation is 1. The number of halogens is 1. The van der Waals surface area contributed by atoms with Gasteiger partial charge in [-0.15, -0.1) is 0 Å². The maximum atomic E-state index is 10.7. The molecule has 0 spiro atoms. The Balaban J connectivity index is 2.29. The number of carboxylic acid groups (broad SMARTS) is 1. The maximum absolute atomic E-state index is 10.7. The van der Waals surface area contributed by atoms with Crippen LogP contribution in [0, 0.1) is 0 Å². The van der Waals surface area contributed by atoms with E-state index in [-0.39, 0.29) is 6.42 Å². The Morgan fingerprint density at radius 3 is 2.52 bits per heavy atom. The van der Waals surface area contributed by atoms with Gasteiger partial charge in [-0.1, -0.05) is 35.9 Å². The van der Waals surface area contributed by atoms with Crippen LogP contribution in [-0.2, 0) is 11.2 Å². The van der Waals surface area contributed by atoms with Gasteiger partial charge in [-0.05, 0) is 30.2 Å². The van der Waals surface area contributed by atoms with Crippen LogP contribution in [0.1, 0.15) is 12.0 Å². The molecule has 0 aromatic heterocycles. The number of methoxy groups -OCH3 is 1. The first-order valence-electron chi connectivity index (χ1n) is 6.42. The minimum atomic E-state index is -0.852. The van der Waals surface area contributed by atoms with Crippen LogP contribution in [0.5, 0.6) is 17.2 Å². The van der Waals surface area contributed by atoms with E-state index in [0.29, 0.717) is 28.7 Å². The van der Waals surface area contributed by atoms with Gasteiger partial charge in [0.05, 0.1) is 12.1 Å². The minimum absolute atomic E-state index is 0.0336. The third-order valence-electron chi connectivity index (χ3n) is 2.93. The monoisotopic (exact) mass is 306 g/mol. The fraction of sp³-hybridized carbons (Fsp3) is 0.188. The zero-order chi connectivity index (χ0) is 15.2. The highest BCUT2D eigenvalue weighted by atomic mass is 35.5. The van der Waals surface area contributed by atoms with Crippen LogP contribution in [0.4, 0.5) is 0 Å². The summed E-state index contributed by atoms with van der Waals surface area (Å²) in [6.45, 7) is 0. The fourth-order valence-electron chi connectivity index (χ4n) is 1.96. The lowest BCUT2D eigenvalue weighted by Crippen LogP contribution is -2.00. The molecule has 0 amide bonds. The third-order valence-corrected chi connectivity index (χ3v) is 3.24. The predicted molar refractivity (Wildman–Crippen MR) is 80.5 cm³/mol. The molecule has 0 radical (unpaired) electrons. The van der Waals surface area contributed by atoms with E-state index in [2.05, 4.69) is 0 Å². The standard InChI is InChI=1S/C16H15ClO4/c1-20-16-11(9-10-15(18)19)5-4-8-14(16)21-13-7-3-2-6-12(13)17/h2-8H,9-10H2,1H3,(H,18,19). The van der Waals surface area contributed by atoms with E-state index < -0.39 is 5.97 Å². The van der Waals surface area contributed by atoms with Crippen molar-refractivity contribution in [2.45, 2.75) is 12.8 Å². The zero-order valence-corrected chi connectivity index (χ0v) is 12.3. The average molecular weight is 307 g/mol. The number of aliphatic carboxylic acids is 1. The number of carbonyl (C=O) groups is 1. The van der Waals surface area contributed by atoms with Gasteiger partial charge < -0.3 is 14.6 Å². The first-order valence-corrected chi connectivity index (χ1v) is 6.79. The van der Waals surface area contributed by atoms with Crippen LogP contribution in [0.3, 0.4) is 0 Å². The number of para-hydroxylation sites is 2. The molecule has 0 aliphatic heterocycles. The zero-order valence-electron chi connectivity index (χ0n) is 11.5. The van der Waals surface area contributed by atoms with Gasteiger partial charge in [0, 0.05) is 6.42 Å². The van der Waals surface area contributed by atoms with Gasteiger partial charge >= 0.3 is 5.97 Å². The van der Waals surface area contributed by atoms with E-state index in [1.165, 1.54) is 7.11 Å². The molecule has 4 nitrogen and oxygen atoms in total. The normalized spacial score (nSPS) is 10.2. The first-order chi connectivity index (χ1) is 10.1. The molecule has 2 aromatic rings. The lowest BCUT2D eigenvalue weighted by molar-refractivity contribution is -0.136. The number of hydrogen-bond donors (Lipinski definition) is 1. The van der Waals surface area contributed by atoms with Crippen molar-refractivity contribution in [2.24, 2.45) is 0 Å². The Labute approximate surface area is 127 Å². The molecule has 0 unspecified atom stereocenters. The summed E-state index contributed by atoms with van der Waals surface area (Å²) in [6.07, 6.45) is 0.407. The molecule has 1 N–H and O–H groups in total. The molecule has 0 fully saturated rings. The van der Waals surface area contributed by atoms with Gasteiger partial charge in [-0.2, -0.15) is 0 Å². The summed E-state index contributed by atoms with van der Waals surface area (Å²) in [5, 5.41) is 9.29. The summed E-state index contributed by atoms with van der Waals surface area (Å²) in [7, 11) is 1.53. The topological polar surface area (TPSA) is 55.8 Å². The molecule has 2 aromatic carbocycles. The van der Waals surface area contributed by atoms with Crippen molar-refractivity contribution in [1.82, 2.24) is 0 Å². The number of carboxylic acids is 1. The van der Waals surface area contributed by atoms with Gasteiger partial charge in [-0.25, -0.2) is 0 Å². The second-order valence-electron chi connectivity index (χ2n) is 4.37. The largest absolute Gasteiger partial charge is 0.493 e. The van der Waals surface area contributed by atoms with E-state index in [1.807, 2.05) is 18.2 Å². The molecule has 0 saturated carbocycles. The summed E-state index contributed by atoms with van der Waals surface area (Å²) >= 11 is 6.07. The van der Waals surface area contributed by atoms with Crippen LogP contribution in [0.25, 0.3) is 0 Å². The van der Waals surface area contributed by atoms with E-state index in [0.717, 1.165) is 5.56 Å². The number of hydrogen-bond acceptors (Lipinski definition) is 3. The second-order valence-corrected chi connectivity index (χ2v) is 4.78. The summed E-state index contributed by atoms with van der Waals surface area (Å²) in [4.78, 5) is 10.7. The number of ether oxygens (including phenoxy) is 2. The van der Waals surface area contributed by atoms with Crippen molar-refractivity contribution in [2.75, 3.05) is 7.11 Å². The summed E-state index contributed by atoms with van der Waals surface area (Å²) in [5.74, 6) is 0.703. The molecule has 0 bridgehead atoms. The summed E-state index contributed by atoms with van der Waals surface area (Å²) < 4.78 is 11.1. The highest BCUT2D eigenvalue weighted by Crippen LogP contribution is 2.37. The van der Waals surface area contributed by atoms with Crippen LogP contribution in [0.2, 0.25) is 5.02 Å². The van der Waals surface area contributed by atoms with Crippen LogP contribution in [-0.4, -0.2) is 18.2 Å². The van der Waals surface area contributed by atoms with E-state index >= 15 is 0 Å². The van der Waals surface area contributed by atoms with Crippen molar-refractivity contribution in [3.63, 3.8) is 0 Å². The van der Waals surface area contributed by atoms with Gasteiger partial charge in [0.25, 0.3) is 0 Å². The van der Waals surface area contributed by atoms with Gasteiger partial charge in [-0.3, -0.25) is 4.79 Å². The number of benzene rings is 2. The van der Waals surface area contributed by atoms with Gasteiger partial charge in [0.1, 0.15) is 5.75 Å². The highest BCUT2D eigenvalue weighted by Gasteiger charge is 2.13. The van der Waals surface area contributed by atoms with Crippen LogP contribution >= 0.6 is 11.6 Å². The molecule has 0 aliphatic carbocycles. The number of rotatable bonds is 6. The lowest BCUT2D eigenvalue weighted by atomic mass is 10.1. The lowest BCUT2D eigenvalue weighted by Gasteiger charge is -2.14. The highest BCUT2D eigenvalue weighted by molar-refractivity contribution is 6.32. The molecule has 0 atom stereocenters. The Kier molecular flexibility index (Phi) is 5.06. The minimum Gasteiger partial charge on any atom is -0.493 e. The van der Waals surface area contributed by atoms with Gasteiger partial charge in [0.15, 0.2) is 11.5 Å². The Hall–Kier alpha value is -2.20. The first kappa shape index (κ1) is 15.2. The molecule has 21 heavy (non-hydrogen) atoms. The second kappa shape index (κ2) is 6.99. The predicted octanol–water partition coefficient (Wildman–Crippen LogP) is 4.16. The Bertz CT molecular complexity index is 640. The molecule has 0 heterocycles. The van der Waals surface area contributed by atoms with Crippen molar-refractivity contribution < 1.29 is 19.4 Å². The van der Waals surface area contributed by atoms with E-state index in [9.17, 15) is 4.79 Å². The summed E-state index contributed by atoms with van der Waals surface area (Å²) in [5.41, 5.74) is 0.782. The summed E-state index contributed by atoms with van der Waals surface area (Å²) in [6, 6.07) is 12.5. The molecule has 5 heteroatoms. The van der Waals surface area contributed by atoms with Crippen LogP contribution in [0.15, 0.2) is 42.5 Å². The van der Waals surface area contributed by atoms with E-state index in [1.54, 1.807) is 24.3 Å². The fourth-order valence-corrected chi connectivity index (χ4v) is 2.13. The smallest absolute Gasteiger partial charge is 0.303 e. The third kappa shape index (κ3) is 3.89. The quantitative estimate of drug-likeness (QED) is 0.870. The van der Waals surface area contributed by atoms with Crippen molar-refractivity contribution in [3.8, 4) is 17.2 Å². The Morgan fingerprint density at radius 2 is 1.86 bits per heavy atom. The maximum Gasteiger partial charge on any atom is 0.303 e. The average Bonchev–Trinajstić information content (AvgIpc) is 2.47.